The van der Waals surface area contributed by atoms with Crippen molar-refractivity contribution in [3.05, 3.63) is 60.3 Å². The Morgan fingerprint density at radius 3 is 2.96 bits per heavy atom. The molecule has 0 spiro atoms. The highest BCUT2D eigenvalue weighted by Crippen LogP contribution is 2.30. The lowest BCUT2D eigenvalue weighted by molar-refractivity contribution is 0.210. The smallest absolute Gasteiger partial charge is 0.0798 e. The molecular weight excluding hydrogens is 284 g/mol. The summed E-state index contributed by atoms with van der Waals surface area (Å²) in [6.45, 7) is 3.44. The first kappa shape index (κ1) is 14.3. The zero-order chi connectivity index (χ0) is 15.6. The Labute approximate surface area is 136 Å². The number of anilines is 1. The molecule has 1 aromatic heterocycles. The summed E-state index contributed by atoms with van der Waals surface area (Å²) in [5.41, 5.74) is 3.62. The Balaban J connectivity index is 1.53. The van der Waals surface area contributed by atoms with E-state index in [1.165, 1.54) is 18.4 Å². The van der Waals surface area contributed by atoms with Crippen molar-refractivity contribution in [1.29, 1.82) is 0 Å². The van der Waals surface area contributed by atoms with Gasteiger partial charge in [-0.05, 0) is 43.5 Å². The normalized spacial score (nSPS) is 20.0. The van der Waals surface area contributed by atoms with E-state index in [-0.39, 0.29) is 0 Å². The molecule has 0 radical (unpaired) electrons. The first-order valence-electron chi connectivity index (χ1n) is 8.31. The number of aromatic nitrogens is 2. The van der Waals surface area contributed by atoms with Crippen molar-refractivity contribution in [1.82, 2.24) is 15.1 Å². The van der Waals surface area contributed by atoms with E-state index < -0.39 is 0 Å². The zero-order valence-electron chi connectivity index (χ0n) is 13.4. The molecule has 1 fully saturated rings. The van der Waals surface area contributed by atoms with Gasteiger partial charge in [-0.2, -0.15) is 5.10 Å². The van der Waals surface area contributed by atoms with E-state index in [0.717, 1.165) is 23.1 Å². The molecule has 1 aliphatic heterocycles. The zero-order valence-corrected chi connectivity index (χ0v) is 13.4. The lowest BCUT2D eigenvalue weighted by atomic mass is 10.1. The predicted molar refractivity (Wildman–Crippen MR) is 94.3 cm³/mol. The molecule has 2 unspecified atom stereocenters. The number of rotatable bonds is 4. The number of hydrogen-bond donors (Lipinski definition) is 2. The van der Waals surface area contributed by atoms with Gasteiger partial charge in [-0.25, -0.2) is 0 Å². The van der Waals surface area contributed by atoms with Crippen LogP contribution in [0, 0.1) is 0 Å². The molecular formula is C19H22N4. The molecule has 4 rings (SSSR count). The number of nitrogens with zero attached hydrogens (tertiary/aromatic N) is 2. The number of likely N-dealkylation sites (tertiary alicyclic amines) is 1. The third kappa shape index (κ3) is 2.82. The minimum atomic E-state index is 0.384. The van der Waals surface area contributed by atoms with Crippen LogP contribution in [0.5, 0.6) is 0 Å². The van der Waals surface area contributed by atoms with Crippen LogP contribution in [0.25, 0.3) is 10.9 Å². The Kier molecular flexibility index (Phi) is 3.75. The fraction of sp³-hybridized carbons (Fsp3) is 0.316. The van der Waals surface area contributed by atoms with Crippen LogP contribution in [0.1, 0.15) is 31.4 Å². The van der Waals surface area contributed by atoms with Crippen LogP contribution in [-0.2, 0) is 0 Å². The van der Waals surface area contributed by atoms with Gasteiger partial charge >= 0.3 is 0 Å². The van der Waals surface area contributed by atoms with E-state index in [1.807, 2.05) is 6.20 Å². The molecule has 118 valence electrons. The Bertz CT molecular complexity index is 780. The number of hydrogen-bond acceptors (Lipinski definition) is 3. The van der Waals surface area contributed by atoms with Gasteiger partial charge in [-0.15, -0.1) is 0 Å². The van der Waals surface area contributed by atoms with Crippen LogP contribution in [0.15, 0.2) is 54.7 Å². The molecule has 4 nitrogen and oxygen atoms in total. The largest absolute Gasteiger partial charge is 0.370 e. The van der Waals surface area contributed by atoms with E-state index in [2.05, 4.69) is 75.9 Å². The lowest BCUT2D eigenvalue weighted by Gasteiger charge is -2.32. The van der Waals surface area contributed by atoms with E-state index in [4.69, 9.17) is 0 Å². The quantitative estimate of drug-likeness (QED) is 0.761. The molecule has 1 aliphatic rings. The van der Waals surface area contributed by atoms with E-state index >= 15 is 0 Å². The maximum Gasteiger partial charge on any atom is 0.0798 e. The first-order chi connectivity index (χ1) is 11.3. The SMILES string of the molecule is CC(c1ccccc1)N1CCCC1Nc1ccc2[nH]ncc2c1. The van der Waals surface area contributed by atoms with Crippen molar-refractivity contribution in [2.24, 2.45) is 0 Å². The summed E-state index contributed by atoms with van der Waals surface area (Å²) in [6.07, 6.45) is 4.68. The topological polar surface area (TPSA) is 44.0 Å². The van der Waals surface area contributed by atoms with Gasteiger partial charge < -0.3 is 5.32 Å². The molecule has 2 aromatic carbocycles. The van der Waals surface area contributed by atoms with Gasteiger partial charge in [-0.1, -0.05) is 30.3 Å². The van der Waals surface area contributed by atoms with Gasteiger partial charge in [0.1, 0.15) is 0 Å². The third-order valence-electron chi connectivity index (χ3n) is 4.85. The van der Waals surface area contributed by atoms with Crippen LogP contribution in [-0.4, -0.2) is 27.8 Å². The van der Waals surface area contributed by atoms with Gasteiger partial charge in [0.05, 0.1) is 17.9 Å². The van der Waals surface area contributed by atoms with E-state index in [9.17, 15) is 0 Å². The van der Waals surface area contributed by atoms with E-state index in [0.29, 0.717) is 12.2 Å². The maximum atomic E-state index is 4.09. The second-order valence-electron chi connectivity index (χ2n) is 6.30. The van der Waals surface area contributed by atoms with Gasteiger partial charge in [0, 0.05) is 23.7 Å². The molecule has 2 heterocycles. The highest BCUT2D eigenvalue weighted by atomic mass is 15.3. The van der Waals surface area contributed by atoms with Gasteiger partial charge in [0.25, 0.3) is 0 Å². The minimum absolute atomic E-state index is 0.384. The highest BCUT2D eigenvalue weighted by molar-refractivity contribution is 5.81. The number of aromatic amines is 1. The molecule has 2 atom stereocenters. The molecule has 0 saturated carbocycles. The van der Waals surface area contributed by atoms with Crippen molar-refractivity contribution in [2.45, 2.75) is 32.0 Å². The first-order valence-corrected chi connectivity index (χ1v) is 8.31. The standard InChI is InChI=1S/C19H22N4/c1-14(15-6-3-2-4-7-15)23-11-5-8-19(23)21-17-9-10-18-16(12-17)13-20-22-18/h2-4,6-7,9-10,12-14,19,21H,5,8,11H2,1H3,(H,20,22). The fourth-order valence-electron chi connectivity index (χ4n) is 3.56. The molecule has 23 heavy (non-hydrogen) atoms. The number of benzene rings is 2. The summed E-state index contributed by atoms with van der Waals surface area (Å²) in [5.74, 6) is 0. The minimum Gasteiger partial charge on any atom is -0.370 e. The molecule has 0 aliphatic carbocycles. The van der Waals surface area contributed by atoms with Crippen molar-refractivity contribution in [3.8, 4) is 0 Å². The lowest BCUT2D eigenvalue weighted by Crippen LogP contribution is -2.37. The number of fused-ring (bicyclic) bond motifs is 1. The van der Waals surface area contributed by atoms with Crippen LogP contribution in [0.2, 0.25) is 0 Å². The van der Waals surface area contributed by atoms with Gasteiger partial charge in [0.2, 0.25) is 0 Å². The molecule has 1 saturated heterocycles. The molecule has 4 heteroatoms. The number of H-pyrrole nitrogens is 1. The third-order valence-corrected chi connectivity index (χ3v) is 4.85. The molecule has 3 aromatic rings. The summed E-state index contributed by atoms with van der Waals surface area (Å²) < 4.78 is 0. The van der Waals surface area contributed by atoms with Crippen LogP contribution >= 0.6 is 0 Å². The van der Waals surface area contributed by atoms with Crippen LogP contribution in [0.4, 0.5) is 5.69 Å². The van der Waals surface area contributed by atoms with Crippen molar-refractivity contribution < 1.29 is 0 Å². The average molecular weight is 306 g/mol. The summed E-state index contributed by atoms with van der Waals surface area (Å²) in [4.78, 5) is 2.56. The summed E-state index contributed by atoms with van der Waals surface area (Å²) in [7, 11) is 0. The second kappa shape index (κ2) is 6.05. The average Bonchev–Trinajstić information content (AvgIpc) is 3.23. The van der Waals surface area contributed by atoms with Gasteiger partial charge in [0.15, 0.2) is 0 Å². The number of nitrogens with one attached hydrogen (secondary N) is 2. The predicted octanol–water partition coefficient (Wildman–Crippen LogP) is 4.16. The van der Waals surface area contributed by atoms with Crippen molar-refractivity contribution >= 4 is 16.6 Å². The summed E-state index contributed by atoms with van der Waals surface area (Å²) in [6, 6.07) is 17.6. The van der Waals surface area contributed by atoms with Crippen molar-refractivity contribution in [2.75, 3.05) is 11.9 Å². The Hall–Kier alpha value is -2.33. The van der Waals surface area contributed by atoms with Crippen LogP contribution < -0.4 is 5.32 Å². The molecule has 0 amide bonds. The van der Waals surface area contributed by atoms with E-state index in [1.54, 1.807) is 0 Å². The highest BCUT2D eigenvalue weighted by Gasteiger charge is 2.29. The second-order valence-corrected chi connectivity index (χ2v) is 6.30. The Morgan fingerprint density at radius 1 is 1.22 bits per heavy atom. The summed E-state index contributed by atoms with van der Waals surface area (Å²) >= 11 is 0. The van der Waals surface area contributed by atoms with Crippen molar-refractivity contribution in [3.63, 3.8) is 0 Å². The summed E-state index contributed by atoms with van der Waals surface area (Å²) in [5, 5.41) is 12.0. The fourth-order valence-corrected chi connectivity index (χ4v) is 3.56. The van der Waals surface area contributed by atoms with Crippen LogP contribution in [0.3, 0.4) is 0 Å². The van der Waals surface area contributed by atoms with Gasteiger partial charge in [-0.3, -0.25) is 10.00 Å². The monoisotopic (exact) mass is 306 g/mol. The molecule has 0 bridgehead atoms. The molecule has 2 N–H and O–H groups in total. The maximum absolute atomic E-state index is 4.09. The Morgan fingerprint density at radius 2 is 2.09 bits per heavy atom.